The fourth-order valence-corrected chi connectivity index (χ4v) is 10.0. The Morgan fingerprint density at radius 1 is 0.373 bits per heavy atom. The van der Waals surface area contributed by atoms with Crippen LogP contribution in [0.2, 0.25) is 0 Å². The third kappa shape index (κ3) is 4.94. The zero-order chi connectivity index (χ0) is 40.3. The van der Waals surface area contributed by atoms with Crippen molar-refractivity contribution in [2.24, 2.45) is 5.41 Å². The summed E-state index contributed by atoms with van der Waals surface area (Å²) in [5, 5.41) is 4.71. The predicted octanol–water partition coefficient (Wildman–Crippen LogP) is 13.7. The number of para-hydroxylation sites is 2. The average molecular weight is 764 g/mol. The zero-order valence-corrected chi connectivity index (χ0v) is 34.3. The molecular formula is C54H45N5. The smallest absolute Gasteiger partial charge is 0.238 e. The topological polar surface area (TPSA) is 48.5 Å². The number of hydrogen-bond donors (Lipinski definition) is 0. The van der Waals surface area contributed by atoms with E-state index in [1.54, 1.807) is 0 Å². The van der Waals surface area contributed by atoms with Crippen molar-refractivity contribution < 1.29 is 0 Å². The first-order chi connectivity index (χ1) is 28.6. The first-order valence-electron chi connectivity index (χ1n) is 20.6. The Balaban J connectivity index is 1.26. The van der Waals surface area contributed by atoms with Gasteiger partial charge in [-0.2, -0.15) is 9.97 Å². The van der Waals surface area contributed by atoms with Gasteiger partial charge in [0.15, 0.2) is 11.6 Å². The van der Waals surface area contributed by atoms with Gasteiger partial charge in [0.25, 0.3) is 0 Å². The van der Waals surface area contributed by atoms with E-state index in [9.17, 15) is 0 Å². The fraction of sp³-hybridized carbons (Fsp3) is 0.167. The van der Waals surface area contributed by atoms with Crippen LogP contribution in [0.15, 0.2) is 164 Å². The van der Waals surface area contributed by atoms with Gasteiger partial charge in [0.2, 0.25) is 5.95 Å². The predicted molar refractivity (Wildman–Crippen MR) is 245 cm³/mol. The Morgan fingerprint density at radius 2 is 0.847 bits per heavy atom. The van der Waals surface area contributed by atoms with Gasteiger partial charge in [-0.1, -0.05) is 187 Å². The second-order valence-corrected chi connectivity index (χ2v) is 17.7. The molecule has 11 rings (SSSR count). The summed E-state index contributed by atoms with van der Waals surface area (Å²) < 4.78 is 4.84. The van der Waals surface area contributed by atoms with E-state index in [0.29, 0.717) is 17.6 Å². The number of fused-ring (bicyclic) bond motifs is 8. The van der Waals surface area contributed by atoms with Gasteiger partial charge in [0.1, 0.15) is 0 Å². The molecule has 286 valence electrons. The quantitative estimate of drug-likeness (QED) is 0.175. The van der Waals surface area contributed by atoms with E-state index < -0.39 is 0 Å². The normalized spacial score (nSPS) is 15.4. The Bertz CT molecular complexity index is 3280. The van der Waals surface area contributed by atoms with E-state index in [-0.39, 0.29) is 16.2 Å². The molecule has 1 aliphatic rings. The maximum atomic E-state index is 5.39. The molecular weight excluding hydrogens is 719 g/mol. The summed E-state index contributed by atoms with van der Waals surface area (Å²) in [7, 11) is 0. The average Bonchev–Trinajstić information content (AvgIpc) is 3.82. The summed E-state index contributed by atoms with van der Waals surface area (Å²) in [6, 6.07) is 58.4. The highest BCUT2D eigenvalue weighted by molar-refractivity contribution is 6.23. The Kier molecular flexibility index (Phi) is 7.53. The lowest BCUT2D eigenvalue weighted by molar-refractivity contribution is 0.125. The van der Waals surface area contributed by atoms with Crippen LogP contribution in [0.4, 0.5) is 0 Å². The van der Waals surface area contributed by atoms with Crippen LogP contribution in [0.1, 0.15) is 52.7 Å². The van der Waals surface area contributed by atoms with Gasteiger partial charge in [-0.25, -0.2) is 4.98 Å². The SMILES string of the molecule is CC1(C)c2cccc(-n3c4ccccc4c4ccc5c6ccccc6n(-c6nc(-c7ccccc7)nc(-c7ccc(-c8ccccc8)cc7)n6)c5c43)c2C(C)(C)C1(C)C. The van der Waals surface area contributed by atoms with Gasteiger partial charge in [-0.15, -0.1) is 0 Å². The van der Waals surface area contributed by atoms with Crippen molar-refractivity contribution in [1.82, 2.24) is 24.1 Å². The number of nitrogens with zero attached hydrogens (tertiary/aromatic N) is 5. The minimum Gasteiger partial charge on any atom is -0.307 e. The Labute approximate surface area is 344 Å². The van der Waals surface area contributed by atoms with Gasteiger partial charge in [-0.3, -0.25) is 4.57 Å². The molecule has 5 nitrogen and oxygen atoms in total. The first kappa shape index (κ1) is 35.3. The molecule has 3 heterocycles. The van der Waals surface area contributed by atoms with Crippen molar-refractivity contribution in [2.75, 3.05) is 0 Å². The lowest BCUT2D eigenvalue weighted by Gasteiger charge is -2.44. The zero-order valence-electron chi connectivity index (χ0n) is 34.3. The fourth-order valence-electron chi connectivity index (χ4n) is 10.0. The van der Waals surface area contributed by atoms with Crippen LogP contribution in [0.25, 0.3) is 89.2 Å². The summed E-state index contributed by atoms with van der Waals surface area (Å²) in [6.07, 6.45) is 0. The van der Waals surface area contributed by atoms with Gasteiger partial charge in [0.05, 0.1) is 27.8 Å². The van der Waals surface area contributed by atoms with E-state index >= 15 is 0 Å². The van der Waals surface area contributed by atoms with E-state index in [1.165, 1.54) is 38.7 Å². The largest absolute Gasteiger partial charge is 0.307 e. The van der Waals surface area contributed by atoms with Crippen molar-refractivity contribution in [1.29, 1.82) is 0 Å². The molecule has 0 unspecified atom stereocenters. The maximum Gasteiger partial charge on any atom is 0.238 e. The molecule has 0 fully saturated rings. The molecule has 10 aromatic rings. The summed E-state index contributed by atoms with van der Waals surface area (Å²) in [5.41, 5.74) is 12.5. The van der Waals surface area contributed by atoms with Crippen LogP contribution in [0, 0.1) is 5.41 Å². The molecule has 0 spiro atoms. The molecule has 5 heteroatoms. The van der Waals surface area contributed by atoms with E-state index in [1.807, 2.05) is 24.3 Å². The highest BCUT2D eigenvalue weighted by Gasteiger charge is 2.57. The molecule has 59 heavy (non-hydrogen) atoms. The second kappa shape index (κ2) is 12.6. The molecule has 7 aromatic carbocycles. The highest BCUT2D eigenvalue weighted by atomic mass is 15.2. The van der Waals surface area contributed by atoms with Crippen LogP contribution in [-0.4, -0.2) is 24.1 Å². The lowest BCUT2D eigenvalue weighted by Crippen LogP contribution is -2.42. The molecule has 0 saturated heterocycles. The van der Waals surface area contributed by atoms with Gasteiger partial charge >= 0.3 is 0 Å². The number of rotatable bonds is 5. The van der Waals surface area contributed by atoms with E-state index in [0.717, 1.165) is 44.0 Å². The first-order valence-corrected chi connectivity index (χ1v) is 20.6. The van der Waals surface area contributed by atoms with Crippen molar-refractivity contribution in [3.05, 3.63) is 175 Å². The molecule has 1 aliphatic carbocycles. The van der Waals surface area contributed by atoms with E-state index in [4.69, 9.17) is 15.0 Å². The number of aromatic nitrogens is 5. The van der Waals surface area contributed by atoms with Gasteiger partial charge in [0, 0.05) is 32.7 Å². The molecule has 0 N–H and O–H groups in total. The van der Waals surface area contributed by atoms with Crippen LogP contribution < -0.4 is 0 Å². The van der Waals surface area contributed by atoms with Crippen molar-refractivity contribution >= 4 is 43.6 Å². The summed E-state index contributed by atoms with van der Waals surface area (Å²) in [5.74, 6) is 1.83. The second-order valence-electron chi connectivity index (χ2n) is 17.7. The van der Waals surface area contributed by atoms with Crippen LogP contribution in [0.3, 0.4) is 0 Å². The summed E-state index contributed by atoms with van der Waals surface area (Å²) in [6.45, 7) is 14.6. The Morgan fingerprint density at radius 3 is 1.46 bits per heavy atom. The molecule has 0 radical (unpaired) electrons. The minimum absolute atomic E-state index is 0.00413. The molecule has 0 bridgehead atoms. The highest BCUT2D eigenvalue weighted by Crippen LogP contribution is 2.63. The summed E-state index contributed by atoms with van der Waals surface area (Å²) >= 11 is 0. The number of benzene rings is 7. The van der Waals surface area contributed by atoms with Crippen LogP contribution in [-0.2, 0) is 10.8 Å². The van der Waals surface area contributed by atoms with Crippen molar-refractivity contribution in [3.8, 4) is 45.5 Å². The van der Waals surface area contributed by atoms with Gasteiger partial charge in [-0.05, 0) is 56.7 Å². The Hall–Kier alpha value is -6.85. The van der Waals surface area contributed by atoms with Crippen LogP contribution >= 0.6 is 0 Å². The molecule has 0 saturated carbocycles. The maximum absolute atomic E-state index is 5.39. The lowest BCUT2D eigenvalue weighted by atomic mass is 9.59. The third-order valence-electron chi connectivity index (χ3n) is 14.3. The van der Waals surface area contributed by atoms with Crippen molar-refractivity contribution in [3.63, 3.8) is 0 Å². The molecule has 0 aliphatic heterocycles. The van der Waals surface area contributed by atoms with E-state index in [2.05, 4.69) is 190 Å². The molecule has 3 aromatic heterocycles. The molecule has 0 amide bonds. The minimum atomic E-state index is -0.121. The summed E-state index contributed by atoms with van der Waals surface area (Å²) in [4.78, 5) is 15.9. The molecule has 0 atom stereocenters. The van der Waals surface area contributed by atoms with Gasteiger partial charge < -0.3 is 4.57 Å². The van der Waals surface area contributed by atoms with Crippen molar-refractivity contribution in [2.45, 2.75) is 52.4 Å². The van der Waals surface area contributed by atoms with Crippen LogP contribution in [0.5, 0.6) is 0 Å². The third-order valence-corrected chi connectivity index (χ3v) is 14.3. The number of hydrogen-bond acceptors (Lipinski definition) is 3. The standard InChI is InChI=1S/C54H45N5/c1-52(2)42-24-17-27-45(46(42)53(3,4)54(52,5)6)58-43-25-15-13-22-38(43)40-32-33-41-39-23-14-16-26-44(39)59(48(41)47(40)58)51-56-49(36-20-11-8-12-21-36)55-50(57-51)37-30-28-35(29-31-37)34-18-9-7-10-19-34/h7-33H,1-6H3. The monoisotopic (exact) mass is 763 g/mol.